The number of hydrogen-bond acceptors (Lipinski definition) is 4. The maximum absolute atomic E-state index is 11.5. The molecular formula is C13H22N2O3. The van der Waals surface area contributed by atoms with Crippen LogP contribution in [0.1, 0.15) is 38.5 Å². The maximum atomic E-state index is 11.5. The van der Waals surface area contributed by atoms with E-state index in [1.807, 2.05) is 0 Å². The van der Waals surface area contributed by atoms with Crippen molar-refractivity contribution in [3.05, 3.63) is 0 Å². The summed E-state index contributed by atoms with van der Waals surface area (Å²) in [5.41, 5.74) is 0. The monoisotopic (exact) mass is 254 g/mol. The third kappa shape index (κ3) is 3.09. The van der Waals surface area contributed by atoms with Gasteiger partial charge in [0.25, 0.3) is 0 Å². The fourth-order valence-corrected chi connectivity index (χ4v) is 2.84. The van der Waals surface area contributed by atoms with Gasteiger partial charge in [0.2, 0.25) is 11.8 Å². The molecule has 0 radical (unpaired) electrons. The molecule has 0 spiro atoms. The highest BCUT2D eigenvalue weighted by Gasteiger charge is 2.29. The van der Waals surface area contributed by atoms with Crippen molar-refractivity contribution in [3.63, 3.8) is 0 Å². The van der Waals surface area contributed by atoms with Crippen LogP contribution >= 0.6 is 0 Å². The molecule has 0 saturated carbocycles. The highest BCUT2D eigenvalue weighted by atomic mass is 16.3. The number of aliphatic hydroxyl groups is 1. The first-order chi connectivity index (χ1) is 8.72. The summed E-state index contributed by atoms with van der Waals surface area (Å²) in [5, 5.41) is 9.39. The summed E-state index contributed by atoms with van der Waals surface area (Å²) in [6.45, 7) is 2.31. The number of carbonyl (C=O) groups is 2. The number of imide groups is 1. The topological polar surface area (TPSA) is 60.9 Å². The van der Waals surface area contributed by atoms with Crippen LogP contribution in [0.5, 0.6) is 0 Å². The molecule has 0 bridgehead atoms. The second-order valence-electron chi connectivity index (χ2n) is 5.16. The Bertz CT molecular complexity index is 303. The van der Waals surface area contributed by atoms with Gasteiger partial charge in [-0.1, -0.05) is 12.8 Å². The van der Waals surface area contributed by atoms with Crippen molar-refractivity contribution in [1.82, 2.24) is 9.80 Å². The van der Waals surface area contributed by atoms with Crippen molar-refractivity contribution < 1.29 is 14.7 Å². The van der Waals surface area contributed by atoms with Gasteiger partial charge in [0, 0.05) is 32.0 Å². The molecule has 2 fully saturated rings. The van der Waals surface area contributed by atoms with Crippen LogP contribution in [0.3, 0.4) is 0 Å². The Kier molecular flexibility index (Phi) is 4.72. The van der Waals surface area contributed by atoms with Gasteiger partial charge in [-0.2, -0.15) is 0 Å². The zero-order valence-corrected chi connectivity index (χ0v) is 10.8. The molecule has 0 aliphatic carbocycles. The summed E-state index contributed by atoms with van der Waals surface area (Å²) in [7, 11) is 0. The van der Waals surface area contributed by atoms with Crippen LogP contribution in [0.2, 0.25) is 0 Å². The average molecular weight is 254 g/mol. The summed E-state index contributed by atoms with van der Waals surface area (Å²) in [6, 6.07) is 0.195. The van der Waals surface area contributed by atoms with Gasteiger partial charge in [-0.05, 0) is 19.4 Å². The van der Waals surface area contributed by atoms with E-state index in [9.17, 15) is 14.7 Å². The molecular weight excluding hydrogens is 232 g/mol. The summed E-state index contributed by atoms with van der Waals surface area (Å²) in [5.74, 6) is -0.0919. The van der Waals surface area contributed by atoms with Crippen molar-refractivity contribution in [2.24, 2.45) is 0 Å². The number of likely N-dealkylation sites (tertiary alicyclic amines) is 2. The van der Waals surface area contributed by atoms with Crippen LogP contribution in [-0.2, 0) is 9.59 Å². The molecule has 18 heavy (non-hydrogen) atoms. The molecule has 1 unspecified atom stereocenters. The molecule has 5 heteroatoms. The largest absolute Gasteiger partial charge is 0.395 e. The average Bonchev–Trinajstić information content (AvgIpc) is 2.58. The molecule has 2 saturated heterocycles. The van der Waals surface area contributed by atoms with Crippen LogP contribution in [0.4, 0.5) is 0 Å². The number of hydrogen-bond donors (Lipinski definition) is 1. The maximum Gasteiger partial charge on any atom is 0.229 e. The van der Waals surface area contributed by atoms with Crippen molar-refractivity contribution in [2.45, 2.75) is 44.6 Å². The van der Waals surface area contributed by atoms with E-state index >= 15 is 0 Å². The van der Waals surface area contributed by atoms with Crippen molar-refractivity contribution in [2.75, 3.05) is 26.2 Å². The van der Waals surface area contributed by atoms with Gasteiger partial charge in [0.15, 0.2) is 0 Å². The van der Waals surface area contributed by atoms with Crippen LogP contribution in [0, 0.1) is 0 Å². The lowest BCUT2D eigenvalue weighted by Gasteiger charge is -2.29. The normalized spacial score (nSPS) is 26.7. The van der Waals surface area contributed by atoms with E-state index in [2.05, 4.69) is 4.90 Å². The highest BCUT2D eigenvalue weighted by Crippen LogP contribution is 2.17. The third-order valence-electron chi connectivity index (χ3n) is 3.98. The van der Waals surface area contributed by atoms with Gasteiger partial charge in [0.05, 0.1) is 6.61 Å². The molecule has 2 aliphatic rings. The van der Waals surface area contributed by atoms with E-state index in [1.54, 1.807) is 0 Å². The minimum absolute atomic E-state index is 0.0460. The molecule has 0 aromatic heterocycles. The molecule has 1 N–H and O–H groups in total. The first-order valence-electron chi connectivity index (χ1n) is 6.90. The van der Waals surface area contributed by atoms with E-state index in [0.29, 0.717) is 25.9 Å². The van der Waals surface area contributed by atoms with Crippen molar-refractivity contribution in [3.8, 4) is 0 Å². The predicted molar refractivity (Wildman–Crippen MR) is 66.9 cm³/mol. The number of amides is 2. The minimum atomic E-state index is -0.0460. The molecule has 2 rings (SSSR count). The molecule has 102 valence electrons. The van der Waals surface area contributed by atoms with Crippen LogP contribution in [0.15, 0.2) is 0 Å². The summed E-state index contributed by atoms with van der Waals surface area (Å²) < 4.78 is 0. The number of nitrogens with zero attached hydrogens (tertiary/aromatic N) is 2. The van der Waals surface area contributed by atoms with Crippen LogP contribution in [0.25, 0.3) is 0 Å². The molecule has 2 aliphatic heterocycles. The Labute approximate surface area is 108 Å². The van der Waals surface area contributed by atoms with Gasteiger partial charge in [0.1, 0.15) is 0 Å². The van der Waals surface area contributed by atoms with E-state index in [0.717, 1.165) is 25.8 Å². The number of carbonyl (C=O) groups excluding carboxylic acids is 2. The Balaban J connectivity index is 1.87. The number of rotatable bonds is 4. The lowest BCUT2D eigenvalue weighted by molar-refractivity contribution is -0.138. The van der Waals surface area contributed by atoms with Gasteiger partial charge >= 0.3 is 0 Å². The summed E-state index contributed by atoms with van der Waals surface area (Å²) in [4.78, 5) is 26.6. The molecule has 5 nitrogen and oxygen atoms in total. The SMILES string of the molecule is O=C1CCC(=O)N1CCN1CCCCCC1CO. The minimum Gasteiger partial charge on any atom is -0.395 e. The summed E-state index contributed by atoms with van der Waals surface area (Å²) in [6.07, 6.45) is 5.24. The smallest absolute Gasteiger partial charge is 0.229 e. The highest BCUT2D eigenvalue weighted by molar-refractivity contribution is 6.01. The molecule has 0 aromatic rings. The second kappa shape index (κ2) is 6.29. The first-order valence-corrected chi connectivity index (χ1v) is 6.90. The Morgan fingerprint density at radius 2 is 1.78 bits per heavy atom. The van der Waals surface area contributed by atoms with Crippen molar-refractivity contribution in [1.29, 1.82) is 0 Å². The Hall–Kier alpha value is -0.940. The Morgan fingerprint density at radius 1 is 1.06 bits per heavy atom. The first kappa shape index (κ1) is 13.5. The van der Waals surface area contributed by atoms with Gasteiger partial charge < -0.3 is 5.11 Å². The van der Waals surface area contributed by atoms with Crippen LogP contribution < -0.4 is 0 Å². The van der Waals surface area contributed by atoms with Crippen LogP contribution in [-0.4, -0.2) is 59.0 Å². The van der Waals surface area contributed by atoms with Crippen molar-refractivity contribution >= 4 is 11.8 Å². The van der Waals surface area contributed by atoms with Gasteiger partial charge in [-0.15, -0.1) is 0 Å². The fraction of sp³-hybridized carbons (Fsp3) is 0.846. The molecule has 2 amide bonds. The van der Waals surface area contributed by atoms with E-state index in [4.69, 9.17) is 0 Å². The standard InChI is InChI=1S/C13H22N2O3/c16-10-11-4-2-1-3-7-14(11)8-9-15-12(17)5-6-13(15)18/h11,16H,1-10H2. The van der Waals surface area contributed by atoms with Gasteiger partial charge in [-0.3, -0.25) is 19.4 Å². The van der Waals surface area contributed by atoms with Gasteiger partial charge in [-0.25, -0.2) is 0 Å². The second-order valence-corrected chi connectivity index (χ2v) is 5.16. The zero-order valence-electron chi connectivity index (χ0n) is 10.8. The quantitative estimate of drug-likeness (QED) is 0.736. The van der Waals surface area contributed by atoms with E-state index in [-0.39, 0.29) is 24.5 Å². The summed E-state index contributed by atoms with van der Waals surface area (Å²) >= 11 is 0. The van der Waals surface area contributed by atoms with E-state index in [1.165, 1.54) is 11.3 Å². The lowest BCUT2D eigenvalue weighted by Crippen LogP contribution is -2.43. The molecule has 2 heterocycles. The Morgan fingerprint density at radius 3 is 2.44 bits per heavy atom. The zero-order chi connectivity index (χ0) is 13.0. The predicted octanol–water partition coefficient (Wildman–Crippen LogP) is 0.372. The van der Waals surface area contributed by atoms with E-state index < -0.39 is 0 Å². The molecule has 1 atom stereocenters. The fourth-order valence-electron chi connectivity index (χ4n) is 2.84. The lowest BCUT2D eigenvalue weighted by atomic mass is 10.1. The third-order valence-corrected chi connectivity index (χ3v) is 3.98. The number of aliphatic hydroxyl groups excluding tert-OH is 1. The molecule has 0 aromatic carbocycles.